The van der Waals surface area contributed by atoms with Crippen LogP contribution in [0.1, 0.15) is 56.2 Å². The second kappa shape index (κ2) is 5.38. The third-order valence-electron chi connectivity index (χ3n) is 3.05. The predicted molar refractivity (Wildman–Crippen MR) is 77.5 cm³/mol. The van der Waals surface area contributed by atoms with Gasteiger partial charge in [0, 0.05) is 16.8 Å². The molecule has 5 nitrogen and oxygen atoms in total. The van der Waals surface area contributed by atoms with Crippen LogP contribution in [-0.2, 0) is 10.3 Å². The van der Waals surface area contributed by atoms with Gasteiger partial charge in [-0.05, 0) is 30.4 Å². The zero-order valence-corrected chi connectivity index (χ0v) is 12.8. The molecule has 1 aromatic carbocycles. The highest BCUT2D eigenvalue weighted by Gasteiger charge is 2.22. The quantitative estimate of drug-likeness (QED) is 0.831. The molecule has 0 radical (unpaired) electrons. The second-order valence-corrected chi connectivity index (χ2v) is 6.46. The molecule has 0 saturated heterocycles. The molecule has 0 aromatic heterocycles. The molecule has 0 amide bonds. The van der Waals surface area contributed by atoms with Gasteiger partial charge >= 0.3 is 10.3 Å². The van der Waals surface area contributed by atoms with Gasteiger partial charge in [0.15, 0.2) is 5.75 Å². The Labute approximate surface area is 115 Å². The van der Waals surface area contributed by atoms with Crippen molar-refractivity contribution in [2.75, 3.05) is 5.73 Å². The van der Waals surface area contributed by atoms with Gasteiger partial charge in [-0.2, -0.15) is 13.6 Å². The van der Waals surface area contributed by atoms with Gasteiger partial charge in [0.1, 0.15) is 0 Å². The van der Waals surface area contributed by atoms with Crippen molar-refractivity contribution in [1.82, 2.24) is 0 Å². The standard InChI is InChI=1S/C13H22N2O3S/c1-7(2)10-6-11(14)9(5)12(8(3)4)13(10)18-19(15,16)17/h6-8H,14H2,1-5H3,(H2,15,16,17). The van der Waals surface area contributed by atoms with Crippen molar-refractivity contribution >= 4 is 16.0 Å². The number of rotatable bonds is 4. The number of nitrogen functional groups attached to an aromatic ring is 1. The lowest BCUT2D eigenvalue weighted by Gasteiger charge is -2.22. The van der Waals surface area contributed by atoms with E-state index < -0.39 is 10.3 Å². The Kier molecular flexibility index (Phi) is 4.47. The van der Waals surface area contributed by atoms with Gasteiger partial charge < -0.3 is 9.92 Å². The normalized spacial score (nSPS) is 12.2. The lowest BCUT2D eigenvalue weighted by molar-refractivity contribution is 0.477. The average molecular weight is 286 g/mol. The van der Waals surface area contributed by atoms with Gasteiger partial charge in [-0.25, -0.2) is 0 Å². The molecule has 0 aliphatic carbocycles. The van der Waals surface area contributed by atoms with Crippen LogP contribution in [0.4, 0.5) is 5.69 Å². The first-order chi connectivity index (χ1) is 8.54. The van der Waals surface area contributed by atoms with E-state index in [0.717, 1.165) is 16.7 Å². The molecule has 0 atom stereocenters. The first kappa shape index (κ1) is 15.8. The highest BCUT2D eigenvalue weighted by Crippen LogP contribution is 2.40. The summed E-state index contributed by atoms with van der Waals surface area (Å²) in [6.45, 7) is 9.67. The molecule has 4 N–H and O–H groups in total. The van der Waals surface area contributed by atoms with Crippen molar-refractivity contribution in [1.29, 1.82) is 0 Å². The summed E-state index contributed by atoms with van der Waals surface area (Å²) in [6.07, 6.45) is 0. The Morgan fingerprint density at radius 2 is 1.68 bits per heavy atom. The van der Waals surface area contributed by atoms with E-state index in [1.165, 1.54) is 0 Å². The topological polar surface area (TPSA) is 95.4 Å². The largest absolute Gasteiger partial charge is 0.398 e. The van der Waals surface area contributed by atoms with Gasteiger partial charge in [0.2, 0.25) is 0 Å². The first-order valence-electron chi connectivity index (χ1n) is 6.19. The monoisotopic (exact) mass is 286 g/mol. The van der Waals surface area contributed by atoms with Crippen LogP contribution < -0.4 is 15.1 Å². The summed E-state index contributed by atoms with van der Waals surface area (Å²) >= 11 is 0. The number of nitrogens with two attached hydrogens (primary N) is 2. The molecule has 0 heterocycles. The molecule has 0 spiro atoms. The molecular weight excluding hydrogens is 264 g/mol. The van der Waals surface area contributed by atoms with Crippen molar-refractivity contribution in [2.24, 2.45) is 5.14 Å². The van der Waals surface area contributed by atoms with Crippen LogP contribution in [0.5, 0.6) is 5.75 Å². The number of hydrogen-bond acceptors (Lipinski definition) is 4. The molecule has 0 unspecified atom stereocenters. The average Bonchev–Trinajstić information content (AvgIpc) is 2.20. The van der Waals surface area contributed by atoms with E-state index >= 15 is 0 Å². The SMILES string of the molecule is Cc1c(N)cc(C(C)C)c(OS(N)(=O)=O)c1C(C)C. The second-order valence-electron chi connectivity index (χ2n) is 5.31. The molecule has 0 aliphatic rings. The van der Waals surface area contributed by atoms with E-state index in [2.05, 4.69) is 0 Å². The van der Waals surface area contributed by atoms with Crippen LogP contribution in [-0.4, -0.2) is 8.42 Å². The van der Waals surface area contributed by atoms with Gasteiger partial charge in [-0.1, -0.05) is 27.7 Å². The lowest BCUT2D eigenvalue weighted by atomic mass is 9.89. The van der Waals surface area contributed by atoms with Crippen LogP contribution in [0.2, 0.25) is 0 Å². The number of benzene rings is 1. The molecule has 108 valence electrons. The minimum absolute atomic E-state index is 0.0807. The van der Waals surface area contributed by atoms with Crippen LogP contribution in [0.3, 0.4) is 0 Å². The summed E-state index contributed by atoms with van der Waals surface area (Å²) in [7, 11) is -4.06. The molecular formula is C13H22N2O3S. The van der Waals surface area contributed by atoms with E-state index in [1.807, 2.05) is 34.6 Å². The van der Waals surface area contributed by atoms with E-state index in [-0.39, 0.29) is 11.8 Å². The summed E-state index contributed by atoms with van der Waals surface area (Å²) in [5.74, 6) is 0.481. The summed E-state index contributed by atoms with van der Waals surface area (Å²) < 4.78 is 27.6. The summed E-state index contributed by atoms with van der Waals surface area (Å²) in [4.78, 5) is 0. The molecule has 0 aliphatic heterocycles. The first-order valence-corrected chi connectivity index (χ1v) is 7.66. The van der Waals surface area contributed by atoms with Gasteiger partial charge in [-0.15, -0.1) is 0 Å². The molecule has 0 saturated carbocycles. The summed E-state index contributed by atoms with van der Waals surface area (Å²) in [5.41, 5.74) is 9.00. The van der Waals surface area contributed by atoms with Crippen LogP contribution in [0, 0.1) is 6.92 Å². The molecule has 1 rings (SSSR count). The predicted octanol–water partition coefficient (Wildman–Crippen LogP) is 2.41. The van der Waals surface area contributed by atoms with Crippen molar-refractivity contribution in [3.8, 4) is 5.75 Å². The summed E-state index contributed by atoms with van der Waals surface area (Å²) in [6, 6.07) is 1.76. The van der Waals surface area contributed by atoms with Crippen molar-refractivity contribution in [3.05, 3.63) is 22.8 Å². The van der Waals surface area contributed by atoms with Crippen LogP contribution in [0.25, 0.3) is 0 Å². The maximum Gasteiger partial charge on any atom is 0.380 e. The Balaban J connectivity index is 3.66. The van der Waals surface area contributed by atoms with Crippen molar-refractivity contribution in [2.45, 2.75) is 46.5 Å². The molecule has 6 heteroatoms. The Bertz CT molecular complexity index is 578. The minimum Gasteiger partial charge on any atom is -0.398 e. The van der Waals surface area contributed by atoms with Gasteiger partial charge in [-0.3, -0.25) is 0 Å². The number of anilines is 1. The molecule has 0 bridgehead atoms. The third kappa shape index (κ3) is 3.61. The Hall–Kier alpha value is -1.27. The Morgan fingerprint density at radius 1 is 1.16 bits per heavy atom. The van der Waals surface area contributed by atoms with E-state index in [9.17, 15) is 8.42 Å². The van der Waals surface area contributed by atoms with E-state index in [0.29, 0.717) is 11.4 Å². The van der Waals surface area contributed by atoms with Crippen molar-refractivity contribution in [3.63, 3.8) is 0 Å². The maximum absolute atomic E-state index is 11.3. The minimum atomic E-state index is -4.06. The maximum atomic E-state index is 11.3. The molecule has 1 aromatic rings. The van der Waals surface area contributed by atoms with Crippen LogP contribution in [0.15, 0.2) is 6.07 Å². The fourth-order valence-electron chi connectivity index (χ4n) is 2.16. The lowest BCUT2D eigenvalue weighted by Crippen LogP contribution is -2.21. The van der Waals surface area contributed by atoms with Crippen LogP contribution >= 0.6 is 0 Å². The highest BCUT2D eigenvalue weighted by atomic mass is 32.2. The van der Waals surface area contributed by atoms with E-state index in [1.54, 1.807) is 6.07 Å². The molecule has 0 fully saturated rings. The highest BCUT2D eigenvalue weighted by molar-refractivity contribution is 7.84. The molecule has 19 heavy (non-hydrogen) atoms. The fraction of sp³-hybridized carbons (Fsp3) is 0.538. The summed E-state index contributed by atoms with van der Waals surface area (Å²) in [5, 5.41) is 5.01. The smallest absolute Gasteiger partial charge is 0.380 e. The number of hydrogen-bond donors (Lipinski definition) is 2. The van der Waals surface area contributed by atoms with Gasteiger partial charge in [0.25, 0.3) is 0 Å². The zero-order chi connectivity index (χ0) is 15.0. The van der Waals surface area contributed by atoms with E-state index in [4.69, 9.17) is 15.1 Å². The van der Waals surface area contributed by atoms with Gasteiger partial charge in [0.05, 0.1) is 0 Å². The Morgan fingerprint density at radius 3 is 2.05 bits per heavy atom. The zero-order valence-electron chi connectivity index (χ0n) is 12.0. The van der Waals surface area contributed by atoms with Crippen molar-refractivity contribution < 1.29 is 12.6 Å². The fourth-order valence-corrected chi connectivity index (χ4v) is 2.57. The third-order valence-corrected chi connectivity index (χ3v) is 3.45.